The second-order valence-corrected chi connectivity index (χ2v) is 6.24. The van der Waals surface area contributed by atoms with E-state index in [9.17, 15) is 15.3 Å². The predicted molar refractivity (Wildman–Crippen MR) is 97.6 cm³/mol. The van der Waals surface area contributed by atoms with E-state index in [1.807, 2.05) is 0 Å². The van der Waals surface area contributed by atoms with Crippen molar-refractivity contribution in [3.63, 3.8) is 0 Å². The summed E-state index contributed by atoms with van der Waals surface area (Å²) in [5, 5.41) is 24.8. The molecule has 0 saturated heterocycles. The van der Waals surface area contributed by atoms with Crippen molar-refractivity contribution in [1.82, 2.24) is 4.57 Å². The van der Waals surface area contributed by atoms with Crippen LogP contribution < -0.4 is 14.4 Å². The van der Waals surface area contributed by atoms with Crippen molar-refractivity contribution in [2.75, 3.05) is 5.06 Å². The van der Waals surface area contributed by atoms with Crippen molar-refractivity contribution >= 4 is 40.8 Å². The zero-order chi connectivity index (χ0) is 19.0. The minimum absolute atomic E-state index is 0.195. The largest absolute Gasteiger partial charge is 0.751 e. The molecule has 1 aromatic carbocycles. The lowest BCUT2D eigenvalue weighted by atomic mass is 10.2. The Morgan fingerprint density at radius 1 is 1.42 bits per heavy atom. The van der Waals surface area contributed by atoms with Gasteiger partial charge in [0.25, 0.3) is 12.2 Å². The number of rotatable bonds is 4. The summed E-state index contributed by atoms with van der Waals surface area (Å²) in [6, 6.07) is 4.93. The molecule has 0 saturated carbocycles. The van der Waals surface area contributed by atoms with E-state index in [1.54, 1.807) is 31.3 Å². The number of nitrogens with zero attached hydrogens (tertiary/aromatic N) is 4. The van der Waals surface area contributed by atoms with E-state index < -0.39 is 21.0 Å². The average Bonchev–Trinajstić information content (AvgIpc) is 3.17. The first-order valence-corrected chi connectivity index (χ1v) is 8.01. The molecule has 0 unspecified atom stereocenters. The highest BCUT2D eigenvalue weighted by molar-refractivity contribution is 6.58. The number of anilines is 1. The van der Waals surface area contributed by atoms with Crippen LogP contribution in [0.15, 0.2) is 59.6 Å². The summed E-state index contributed by atoms with van der Waals surface area (Å²) in [6.07, 6.45) is 5.99. The summed E-state index contributed by atoms with van der Waals surface area (Å²) in [5.41, 5.74) is -0.0635. The third kappa shape index (κ3) is 2.94. The van der Waals surface area contributed by atoms with Gasteiger partial charge in [0.05, 0.1) is 16.8 Å². The number of fused-ring (bicyclic) bond motifs is 1. The first-order chi connectivity index (χ1) is 12.3. The quantitative estimate of drug-likeness (QED) is 0.448. The number of aryl methyl sites for hydroxylation is 1. The fraction of sp³-hybridized carbons (Fsp3) is 0.0625. The van der Waals surface area contributed by atoms with Crippen molar-refractivity contribution in [1.29, 1.82) is 0 Å². The highest BCUT2D eigenvalue weighted by atomic mass is 35.5. The second-order valence-electron chi connectivity index (χ2n) is 5.29. The summed E-state index contributed by atoms with van der Waals surface area (Å²) in [7, 11) is 0. The molecule has 134 valence electrons. The van der Waals surface area contributed by atoms with Crippen LogP contribution in [-0.4, -0.2) is 9.49 Å². The van der Waals surface area contributed by atoms with Gasteiger partial charge in [-0.25, -0.2) is 4.57 Å². The van der Waals surface area contributed by atoms with Crippen LogP contribution in [0.3, 0.4) is 0 Å². The Hall–Kier alpha value is -2.81. The van der Waals surface area contributed by atoms with Crippen LogP contribution >= 0.6 is 23.2 Å². The van der Waals surface area contributed by atoms with Crippen molar-refractivity contribution in [2.45, 2.75) is 6.92 Å². The number of ether oxygens (including phenoxy) is 1. The number of hydrogen-bond donors (Lipinski definition) is 0. The molecule has 0 radical (unpaired) electrons. The fourth-order valence-corrected chi connectivity index (χ4v) is 2.93. The van der Waals surface area contributed by atoms with E-state index >= 15 is 0 Å². The molecule has 2 aromatic rings. The molecule has 3 rings (SSSR count). The van der Waals surface area contributed by atoms with Gasteiger partial charge in [-0.05, 0) is 18.6 Å². The van der Waals surface area contributed by atoms with Crippen LogP contribution in [0.1, 0.15) is 5.56 Å². The maximum Gasteiger partial charge on any atom is 0.377 e. The van der Waals surface area contributed by atoms with Crippen LogP contribution in [0.5, 0.6) is 5.75 Å². The van der Waals surface area contributed by atoms with Gasteiger partial charge in [-0.3, -0.25) is 10.1 Å². The van der Waals surface area contributed by atoms with E-state index in [2.05, 4.69) is 6.58 Å². The molecular weight excluding hydrogens is 383 g/mol. The third-order valence-electron chi connectivity index (χ3n) is 3.71. The van der Waals surface area contributed by atoms with Gasteiger partial charge in [0.2, 0.25) is 5.70 Å². The SMILES string of the molecule is C=C[n+]1ccn(C(=C(Cl)Cl)C(=C2Oc3cccc(C)c3N2[O-])[N+](=O)[O-])c1. The van der Waals surface area contributed by atoms with Crippen molar-refractivity contribution < 1.29 is 14.2 Å². The van der Waals surface area contributed by atoms with E-state index in [-0.39, 0.29) is 17.1 Å². The van der Waals surface area contributed by atoms with E-state index in [0.717, 1.165) is 0 Å². The number of allylic oxidation sites excluding steroid dienone is 1. The second kappa shape index (κ2) is 6.83. The fourth-order valence-electron chi connectivity index (χ4n) is 2.55. The first kappa shape index (κ1) is 18.0. The van der Waals surface area contributed by atoms with Crippen LogP contribution in [0.25, 0.3) is 11.9 Å². The van der Waals surface area contributed by atoms with Gasteiger partial charge in [0, 0.05) is 0 Å². The molecule has 0 atom stereocenters. The summed E-state index contributed by atoms with van der Waals surface area (Å²) < 4.78 is 7.90. The third-order valence-corrected chi connectivity index (χ3v) is 4.07. The maximum atomic E-state index is 12.7. The van der Waals surface area contributed by atoms with E-state index in [0.29, 0.717) is 10.6 Å². The zero-order valence-electron chi connectivity index (χ0n) is 13.4. The Labute approximate surface area is 158 Å². The molecule has 0 aliphatic carbocycles. The van der Waals surface area contributed by atoms with Crippen LogP contribution in [-0.2, 0) is 0 Å². The van der Waals surface area contributed by atoms with E-state index in [4.69, 9.17) is 27.9 Å². The Balaban J connectivity index is 2.22. The number of hydrogen-bond acceptors (Lipinski definition) is 5. The number of para-hydroxylation sites is 1. The highest BCUT2D eigenvalue weighted by Crippen LogP contribution is 2.43. The molecule has 0 fully saturated rings. The molecule has 2 heterocycles. The summed E-state index contributed by atoms with van der Waals surface area (Å²) in [6.45, 7) is 5.29. The lowest BCUT2D eigenvalue weighted by Gasteiger charge is -2.24. The van der Waals surface area contributed by atoms with Gasteiger partial charge < -0.3 is 15.0 Å². The molecule has 1 aliphatic rings. The van der Waals surface area contributed by atoms with Crippen molar-refractivity contribution in [2.24, 2.45) is 0 Å². The first-order valence-electron chi connectivity index (χ1n) is 7.25. The minimum Gasteiger partial charge on any atom is -0.751 e. The number of benzene rings is 1. The van der Waals surface area contributed by atoms with Gasteiger partial charge in [0.1, 0.15) is 12.4 Å². The smallest absolute Gasteiger partial charge is 0.377 e. The zero-order valence-corrected chi connectivity index (χ0v) is 14.9. The minimum atomic E-state index is -0.764. The number of nitro groups is 1. The standard InChI is InChI=1S/C16H12Cl2N4O4/c1-3-19-7-8-20(9-19)13(15(17)18)14(22(24)25)16-21(23)12-10(2)5-4-6-11(12)26-16/h3-9H,1H2,2H3. The van der Waals surface area contributed by atoms with Gasteiger partial charge >= 0.3 is 5.70 Å². The Kier molecular flexibility index (Phi) is 4.73. The van der Waals surface area contributed by atoms with Crippen LogP contribution in [0, 0.1) is 22.2 Å². The molecule has 0 spiro atoms. The maximum absolute atomic E-state index is 12.7. The predicted octanol–water partition coefficient (Wildman–Crippen LogP) is 3.63. The van der Waals surface area contributed by atoms with E-state index in [1.165, 1.54) is 27.9 Å². The Morgan fingerprint density at radius 2 is 2.15 bits per heavy atom. The van der Waals surface area contributed by atoms with Crippen LogP contribution in [0.4, 0.5) is 5.69 Å². The molecule has 0 bridgehead atoms. The van der Waals surface area contributed by atoms with Gasteiger partial charge in [0.15, 0.2) is 10.2 Å². The average molecular weight is 395 g/mol. The number of hydroxylamine groups is 1. The molecular formula is C16H12Cl2N4O4. The molecule has 1 aromatic heterocycles. The van der Waals surface area contributed by atoms with Gasteiger partial charge in [-0.15, -0.1) is 0 Å². The molecule has 1 aliphatic heterocycles. The molecule has 26 heavy (non-hydrogen) atoms. The lowest BCUT2D eigenvalue weighted by Crippen LogP contribution is -2.23. The summed E-state index contributed by atoms with van der Waals surface area (Å²) in [5.74, 6) is -0.306. The summed E-state index contributed by atoms with van der Waals surface area (Å²) >= 11 is 11.8. The summed E-state index contributed by atoms with van der Waals surface area (Å²) in [4.78, 5) is 11.0. The lowest BCUT2D eigenvalue weighted by molar-refractivity contribution is -0.566. The normalized spacial score (nSPS) is 14.5. The Bertz CT molecular complexity index is 976. The topological polar surface area (TPSA) is 87.5 Å². The monoisotopic (exact) mass is 394 g/mol. The molecule has 0 amide bonds. The number of halogens is 2. The highest BCUT2D eigenvalue weighted by Gasteiger charge is 2.38. The number of imidazole rings is 1. The number of aromatic nitrogens is 2. The van der Waals surface area contributed by atoms with Crippen molar-refractivity contribution in [3.8, 4) is 5.75 Å². The Morgan fingerprint density at radius 3 is 2.69 bits per heavy atom. The van der Waals surface area contributed by atoms with Gasteiger partial charge in [-0.2, -0.15) is 4.57 Å². The molecule has 0 N–H and O–H groups in total. The molecule has 10 heteroatoms. The molecule has 8 nitrogen and oxygen atoms in total. The van der Waals surface area contributed by atoms with Gasteiger partial charge in [-0.1, -0.05) is 41.9 Å². The van der Waals surface area contributed by atoms with Crippen LogP contribution in [0.2, 0.25) is 0 Å². The van der Waals surface area contributed by atoms with Crippen molar-refractivity contribution in [3.05, 3.63) is 80.5 Å².